The lowest BCUT2D eigenvalue weighted by molar-refractivity contribution is 0.373. The summed E-state index contributed by atoms with van der Waals surface area (Å²) in [6.07, 6.45) is 4.66. The molecule has 0 aliphatic carbocycles. The van der Waals surface area contributed by atoms with E-state index in [1.54, 1.807) is 0 Å². The summed E-state index contributed by atoms with van der Waals surface area (Å²) in [7, 11) is 0. The molecule has 0 spiro atoms. The van der Waals surface area contributed by atoms with Gasteiger partial charge in [0.15, 0.2) is 5.96 Å². The maximum absolute atomic E-state index is 4.81. The van der Waals surface area contributed by atoms with Crippen LogP contribution in [0.25, 0.3) is 0 Å². The first-order valence-corrected chi connectivity index (χ1v) is 9.45. The van der Waals surface area contributed by atoms with Crippen LogP contribution in [-0.4, -0.2) is 55.1 Å². The normalized spacial score (nSPS) is 15.6. The monoisotopic (exact) mass is 343 g/mol. The summed E-state index contributed by atoms with van der Waals surface area (Å²) in [5.41, 5.74) is 1.24. The second-order valence-corrected chi connectivity index (χ2v) is 6.70. The Morgan fingerprint density at radius 1 is 1.25 bits per heavy atom. The lowest BCUT2D eigenvalue weighted by atomic mass is 10.2. The van der Waals surface area contributed by atoms with Crippen LogP contribution in [0.4, 0.5) is 5.00 Å². The third-order valence-electron chi connectivity index (χ3n) is 4.12. The van der Waals surface area contributed by atoms with Crippen LogP contribution in [0.15, 0.2) is 47.0 Å². The SMILES string of the molecule is CCNC(=NCCc1cccnc1)N1CCN(c2cccs2)CC1. The fourth-order valence-corrected chi connectivity index (χ4v) is 3.64. The number of hydrogen-bond acceptors (Lipinski definition) is 4. The molecule has 1 aliphatic rings. The molecule has 2 aromatic rings. The molecule has 0 radical (unpaired) electrons. The van der Waals surface area contributed by atoms with E-state index in [9.17, 15) is 0 Å². The zero-order valence-electron chi connectivity index (χ0n) is 14.2. The first-order chi connectivity index (χ1) is 11.9. The molecule has 0 aromatic carbocycles. The number of nitrogens with one attached hydrogen (secondary N) is 1. The molecule has 6 heteroatoms. The molecule has 0 unspecified atom stereocenters. The topological polar surface area (TPSA) is 43.8 Å². The molecule has 1 fully saturated rings. The molecule has 5 nitrogen and oxygen atoms in total. The Bertz CT molecular complexity index is 618. The molecule has 3 heterocycles. The van der Waals surface area contributed by atoms with Gasteiger partial charge in [-0.25, -0.2) is 0 Å². The minimum Gasteiger partial charge on any atom is -0.360 e. The van der Waals surface area contributed by atoms with E-state index in [4.69, 9.17) is 4.99 Å². The Morgan fingerprint density at radius 2 is 2.12 bits per heavy atom. The zero-order valence-corrected chi connectivity index (χ0v) is 15.0. The minimum atomic E-state index is 0.791. The standard InChI is InChI=1S/C18H25N5S/c1-2-20-18(21-9-7-16-5-3-8-19-15-16)23-12-10-22(11-13-23)17-6-4-14-24-17/h3-6,8,14-15H,2,7,9-13H2,1H3,(H,20,21). The summed E-state index contributed by atoms with van der Waals surface area (Å²) < 4.78 is 0. The minimum absolute atomic E-state index is 0.791. The lowest BCUT2D eigenvalue weighted by Gasteiger charge is -2.37. The highest BCUT2D eigenvalue weighted by Gasteiger charge is 2.20. The van der Waals surface area contributed by atoms with Gasteiger partial charge in [0.05, 0.1) is 5.00 Å². The highest BCUT2D eigenvalue weighted by atomic mass is 32.1. The van der Waals surface area contributed by atoms with Gasteiger partial charge in [-0.15, -0.1) is 11.3 Å². The predicted octanol–water partition coefficient (Wildman–Crippen LogP) is 2.47. The van der Waals surface area contributed by atoms with Crippen LogP contribution in [0.5, 0.6) is 0 Å². The fraction of sp³-hybridized carbons (Fsp3) is 0.444. The molecule has 0 bridgehead atoms. The molecule has 1 aliphatic heterocycles. The summed E-state index contributed by atoms with van der Waals surface area (Å²) in [5.74, 6) is 1.03. The molecule has 3 rings (SSSR count). The Kier molecular flexibility index (Phi) is 6.07. The van der Waals surface area contributed by atoms with E-state index in [2.05, 4.69) is 50.6 Å². The maximum Gasteiger partial charge on any atom is 0.194 e. The maximum atomic E-state index is 4.81. The van der Waals surface area contributed by atoms with Crippen molar-refractivity contribution >= 4 is 22.3 Å². The highest BCUT2D eigenvalue weighted by molar-refractivity contribution is 7.14. The third kappa shape index (κ3) is 4.47. The van der Waals surface area contributed by atoms with Gasteiger partial charge in [-0.1, -0.05) is 6.07 Å². The van der Waals surface area contributed by atoms with Crippen molar-refractivity contribution in [2.24, 2.45) is 4.99 Å². The molecule has 2 aromatic heterocycles. The predicted molar refractivity (Wildman–Crippen MR) is 102 cm³/mol. The first kappa shape index (κ1) is 16.8. The average molecular weight is 344 g/mol. The largest absolute Gasteiger partial charge is 0.360 e. The summed E-state index contributed by atoms with van der Waals surface area (Å²) in [5, 5.41) is 6.95. The van der Waals surface area contributed by atoms with E-state index in [1.807, 2.05) is 29.8 Å². The third-order valence-corrected chi connectivity index (χ3v) is 5.05. The van der Waals surface area contributed by atoms with Crippen molar-refractivity contribution in [2.75, 3.05) is 44.2 Å². The number of anilines is 1. The van der Waals surface area contributed by atoms with Crippen LogP contribution >= 0.6 is 11.3 Å². The van der Waals surface area contributed by atoms with Crippen molar-refractivity contribution in [3.63, 3.8) is 0 Å². The van der Waals surface area contributed by atoms with Crippen molar-refractivity contribution in [3.8, 4) is 0 Å². The van der Waals surface area contributed by atoms with Crippen LogP contribution in [0.3, 0.4) is 0 Å². The van der Waals surface area contributed by atoms with E-state index in [0.29, 0.717) is 0 Å². The molecule has 128 valence electrons. The van der Waals surface area contributed by atoms with Gasteiger partial charge >= 0.3 is 0 Å². The molecule has 24 heavy (non-hydrogen) atoms. The fourth-order valence-electron chi connectivity index (χ4n) is 2.85. The van der Waals surface area contributed by atoms with Gasteiger partial charge in [0.25, 0.3) is 0 Å². The van der Waals surface area contributed by atoms with Gasteiger partial charge in [-0.05, 0) is 42.5 Å². The molecule has 1 saturated heterocycles. The first-order valence-electron chi connectivity index (χ1n) is 8.57. The van der Waals surface area contributed by atoms with Gasteiger partial charge in [-0.3, -0.25) is 9.98 Å². The van der Waals surface area contributed by atoms with Gasteiger partial charge in [0, 0.05) is 51.7 Å². The van der Waals surface area contributed by atoms with E-state index >= 15 is 0 Å². The van der Waals surface area contributed by atoms with Crippen LogP contribution in [0.2, 0.25) is 0 Å². The summed E-state index contributed by atoms with van der Waals surface area (Å²) >= 11 is 1.82. The Labute approximate surface area is 148 Å². The van der Waals surface area contributed by atoms with Gasteiger partial charge < -0.3 is 15.1 Å². The number of hydrogen-bond donors (Lipinski definition) is 1. The van der Waals surface area contributed by atoms with E-state index < -0.39 is 0 Å². The number of aliphatic imine (C=N–C) groups is 1. The number of nitrogens with zero attached hydrogens (tertiary/aromatic N) is 4. The van der Waals surface area contributed by atoms with Crippen molar-refractivity contribution in [3.05, 3.63) is 47.6 Å². The molecule has 0 amide bonds. The molecule has 0 saturated carbocycles. The Morgan fingerprint density at radius 3 is 2.79 bits per heavy atom. The van der Waals surface area contributed by atoms with E-state index in [1.165, 1.54) is 10.6 Å². The number of guanidine groups is 1. The zero-order chi connectivity index (χ0) is 16.6. The van der Waals surface area contributed by atoms with Crippen molar-refractivity contribution in [1.29, 1.82) is 0 Å². The van der Waals surface area contributed by atoms with Crippen LogP contribution < -0.4 is 10.2 Å². The summed E-state index contributed by atoms with van der Waals surface area (Å²) in [4.78, 5) is 13.8. The van der Waals surface area contributed by atoms with Gasteiger partial charge in [-0.2, -0.15) is 0 Å². The molecular formula is C18H25N5S. The number of aromatic nitrogens is 1. The van der Waals surface area contributed by atoms with Crippen molar-refractivity contribution in [1.82, 2.24) is 15.2 Å². The number of rotatable bonds is 5. The second kappa shape index (κ2) is 8.68. The van der Waals surface area contributed by atoms with Crippen molar-refractivity contribution < 1.29 is 0 Å². The van der Waals surface area contributed by atoms with E-state index in [0.717, 1.165) is 51.6 Å². The van der Waals surface area contributed by atoms with Gasteiger partial charge in [0.1, 0.15) is 0 Å². The van der Waals surface area contributed by atoms with Crippen molar-refractivity contribution in [2.45, 2.75) is 13.3 Å². The summed E-state index contributed by atoms with van der Waals surface area (Å²) in [6, 6.07) is 8.41. The quantitative estimate of drug-likeness (QED) is 0.669. The average Bonchev–Trinajstić information content (AvgIpc) is 3.17. The number of pyridine rings is 1. The molecule has 0 atom stereocenters. The van der Waals surface area contributed by atoms with E-state index in [-0.39, 0.29) is 0 Å². The van der Waals surface area contributed by atoms with Crippen LogP contribution in [0.1, 0.15) is 12.5 Å². The highest BCUT2D eigenvalue weighted by Crippen LogP contribution is 2.22. The van der Waals surface area contributed by atoms with Gasteiger partial charge in [0.2, 0.25) is 0 Å². The lowest BCUT2D eigenvalue weighted by Crippen LogP contribution is -2.52. The molecular weight excluding hydrogens is 318 g/mol. The smallest absolute Gasteiger partial charge is 0.194 e. The summed E-state index contributed by atoms with van der Waals surface area (Å²) in [6.45, 7) is 7.93. The van der Waals surface area contributed by atoms with Crippen LogP contribution in [0, 0.1) is 0 Å². The molecule has 1 N–H and O–H groups in total. The van der Waals surface area contributed by atoms with Crippen LogP contribution in [-0.2, 0) is 6.42 Å². The Balaban J connectivity index is 1.54. The number of thiophene rings is 1. The number of piperazine rings is 1. The Hall–Kier alpha value is -2.08. The second-order valence-electron chi connectivity index (χ2n) is 5.77.